The second-order valence-electron chi connectivity index (χ2n) is 34.1. The highest BCUT2D eigenvalue weighted by atomic mass is 16.3. The van der Waals surface area contributed by atoms with Crippen molar-refractivity contribution in [2.24, 2.45) is 51.5 Å². The third-order valence-electron chi connectivity index (χ3n) is 23.3. The average molecular weight is 1630 g/mol. The van der Waals surface area contributed by atoms with Crippen molar-refractivity contribution in [2.75, 3.05) is 26.2 Å². The summed E-state index contributed by atoms with van der Waals surface area (Å²) in [6.45, 7) is 21.7. The van der Waals surface area contributed by atoms with E-state index in [9.17, 15) is 73.5 Å². The molecule has 0 radical (unpaired) electrons. The minimum atomic E-state index is -1.75. The number of nitrogens with zero attached hydrogens (tertiary/aromatic N) is 3. The molecule has 2 saturated heterocycles. The first-order valence-electron chi connectivity index (χ1n) is 41.7. The van der Waals surface area contributed by atoms with E-state index in [0.29, 0.717) is 71.7 Å². The Hall–Kier alpha value is -9.98. The van der Waals surface area contributed by atoms with Crippen LogP contribution in [0, 0.1) is 35.0 Å². The van der Waals surface area contributed by atoms with Crippen LogP contribution >= 0.6 is 0 Å². The number of aromatic nitrogens is 3. The molecule has 31 nitrogen and oxygen atoms in total. The lowest BCUT2D eigenvalue weighted by molar-refractivity contribution is -0.142. The molecule has 20 N–H and O–H groups in total. The van der Waals surface area contributed by atoms with E-state index in [-0.39, 0.29) is 106 Å². The molecule has 4 aromatic rings. The third-order valence-corrected chi connectivity index (χ3v) is 23.3. The van der Waals surface area contributed by atoms with E-state index < -0.39 is 126 Å². The Balaban J connectivity index is 0.000000473. The molecule has 2 aromatic carbocycles. The molecule has 0 spiro atoms. The molecule has 117 heavy (non-hydrogen) atoms. The van der Waals surface area contributed by atoms with Crippen LogP contribution in [0.1, 0.15) is 195 Å². The lowest BCUT2D eigenvalue weighted by Crippen LogP contribution is -2.61. The molecule has 9 rings (SSSR count). The molecule has 4 heterocycles. The maximum atomic E-state index is 14.7. The molecular weight excluding hydrogens is 1500 g/mol. The van der Waals surface area contributed by atoms with Gasteiger partial charge in [0.1, 0.15) is 60.1 Å². The molecule has 3 saturated carbocycles. The number of nitrogens with one attached hydrogen (secondary N) is 11. The van der Waals surface area contributed by atoms with Gasteiger partial charge in [-0.2, -0.15) is 0 Å². The number of phenolic OH excluding ortho intramolecular Hbond substituents is 1. The van der Waals surface area contributed by atoms with Crippen LogP contribution in [0.3, 0.4) is 0 Å². The fourth-order valence-electron chi connectivity index (χ4n) is 17.2. The highest BCUT2D eigenvalue weighted by Gasteiger charge is 2.51. The number of hydrogen-bond acceptors (Lipinski definition) is 17. The quantitative estimate of drug-likeness (QED) is 0.0169. The Morgan fingerprint density at radius 1 is 0.726 bits per heavy atom. The summed E-state index contributed by atoms with van der Waals surface area (Å²) in [4.78, 5) is 155. The largest absolute Gasteiger partial charge is 0.508 e. The molecule has 0 unspecified atom stereocenters. The summed E-state index contributed by atoms with van der Waals surface area (Å²) in [6, 6.07) is 1.58. The summed E-state index contributed by atoms with van der Waals surface area (Å²) in [6.07, 6.45) is 19.7. The molecule has 5 aliphatic rings. The van der Waals surface area contributed by atoms with Gasteiger partial charge in [-0.3, -0.25) is 52.9 Å². The van der Waals surface area contributed by atoms with E-state index in [1.807, 2.05) is 33.8 Å². The molecule has 3 aliphatic carbocycles. The smallest absolute Gasteiger partial charge is 0.245 e. The number of benzene rings is 2. The van der Waals surface area contributed by atoms with Crippen molar-refractivity contribution >= 4 is 75.9 Å². The number of aromatic amines is 2. The normalized spacial score (nSPS) is 22.7. The first-order chi connectivity index (χ1) is 55.5. The van der Waals surface area contributed by atoms with Crippen LogP contribution in [-0.4, -0.2) is 209 Å². The van der Waals surface area contributed by atoms with Gasteiger partial charge in [-0.1, -0.05) is 109 Å². The average Bonchev–Trinajstić information content (AvgIpc) is 1.61. The maximum Gasteiger partial charge on any atom is 0.245 e. The van der Waals surface area contributed by atoms with Crippen molar-refractivity contribution in [3.63, 3.8) is 0 Å². The monoisotopic (exact) mass is 1620 g/mol. The van der Waals surface area contributed by atoms with Crippen LogP contribution in [0.15, 0.2) is 108 Å². The standard InChI is InChI=1S/C59H84N16O12.C27H44O3/c1-6-63-57(86)48-14-10-22-75(48)58(87)41(13-9-21-64-59(60)61)68-51(80)42(23-32(2)3)69-52(81)43(24-33(4)5)70-53(82)44(25-34-15-17-37(77)18-16-34)71-56(85)47(30-76)74-54(83)45(26-35-28-65-39-12-8-7-11-38(35)39)72-55(84)46(27-36-29-62-31-66-36)73-50(79)40-19-20-49(78)67-40;1-18(8-6-14-26(3,4)30)23-12-13-24-20(9-7-15-27(23,24)5)10-11-21-16-22(28)17-25(29)19(21)2/h7-8,11-12,15-18,28-29,31-33,40-48,65,76-77H,6,9-10,13-14,19-27,30H2,1-5H3,(H,62,66)(H,63,86)(H,67,78)(H,68,80)(H,69,81)(H,70,82)(H,71,85)(H,72,84)(H,73,79)(H,74,83)(H4,60,61,64);10-11,18,22-25,28-30H,2,6-9,12-17H2,1,3-5H3/b;20-10+,21-11-/t40-,41-,42-,43+,44-,45-,46-,47-,48-;18-,22-,23-,24+,25+,27-/m01/s1. The third kappa shape index (κ3) is 27.0. The predicted octanol–water partition coefficient (Wildman–Crippen LogP) is 4.27. The highest BCUT2D eigenvalue weighted by molar-refractivity contribution is 5.99. The second kappa shape index (κ2) is 43.5. The Morgan fingerprint density at radius 2 is 1.34 bits per heavy atom. The van der Waals surface area contributed by atoms with Crippen molar-refractivity contribution in [3.05, 3.63) is 120 Å². The number of hydrogen-bond donors (Lipinski definition) is 18. The zero-order chi connectivity index (χ0) is 85.4. The van der Waals surface area contributed by atoms with E-state index >= 15 is 0 Å². The van der Waals surface area contributed by atoms with E-state index in [2.05, 4.69) is 100 Å². The highest BCUT2D eigenvalue weighted by Crippen LogP contribution is 2.60. The molecule has 10 amide bonds. The zero-order valence-corrected chi connectivity index (χ0v) is 69.4. The minimum absolute atomic E-state index is 0.0397. The van der Waals surface area contributed by atoms with Crippen molar-refractivity contribution in [1.82, 2.24) is 67.7 Å². The van der Waals surface area contributed by atoms with Crippen LogP contribution in [-0.2, 0) is 67.2 Å². The Kier molecular flexibility index (Phi) is 34.4. The fourth-order valence-corrected chi connectivity index (χ4v) is 17.2. The van der Waals surface area contributed by atoms with Crippen LogP contribution in [0.4, 0.5) is 0 Å². The number of rotatable bonds is 38. The summed E-state index contributed by atoms with van der Waals surface area (Å²) >= 11 is 0. The number of aliphatic hydroxyl groups excluding tert-OH is 3. The maximum absolute atomic E-state index is 14.7. The van der Waals surface area contributed by atoms with Gasteiger partial charge in [-0.15, -0.1) is 0 Å². The number of carbonyl (C=O) groups is 10. The number of para-hydroxylation sites is 1. The lowest BCUT2D eigenvalue weighted by atomic mass is 9.60. The van der Waals surface area contributed by atoms with E-state index in [1.165, 1.54) is 80.2 Å². The number of imidazole rings is 1. The minimum Gasteiger partial charge on any atom is -0.508 e. The fraction of sp³-hybridized carbons (Fsp3) is 0.605. The van der Waals surface area contributed by atoms with Gasteiger partial charge < -0.3 is 99.7 Å². The van der Waals surface area contributed by atoms with Gasteiger partial charge in [-0.25, -0.2) is 4.98 Å². The Bertz CT molecular complexity index is 4150. The molecule has 2 aliphatic heterocycles. The van der Waals surface area contributed by atoms with Gasteiger partial charge in [0.2, 0.25) is 59.1 Å². The molecule has 642 valence electrons. The van der Waals surface area contributed by atoms with Gasteiger partial charge in [0.15, 0.2) is 5.96 Å². The number of amides is 10. The summed E-state index contributed by atoms with van der Waals surface area (Å²) in [5.41, 5.74) is 16.5. The van der Waals surface area contributed by atoms with Crippen LogP contribution in [0.2, 0.25) is 0 Å². The number of likely N-dealkylation sites (N-methyl/N-ethyl adjacent to an activating group) is 1. The number of aliphatic imine (C=N–C) groups is 1. The van der Waals surface area contributed by atoms with Crippen molar-refractivity contribution < 1.29 is 73.5 Å². The van der Waals surface area contributed by atoms with Crippen LogP contribution < -0.4 is 59.3 Å². The first kappa shape index (κ1) is 92.5. The lowest BCUT2D eigenvalue weighted by Gasteiger charge is -2.44. The van der Waals surface area contributed by atoms with E-state index in [1.54, 1.807) is 50.7 Å². The number of likely N-dealkylation sites (tertiary alicyclic amines) is 1. The first-order valence-corrected chi connectivity index (χ1v) is 41.7. The molecule has 2 aromatic heterocycles. The summed E-state index contributed by atoms with van der Waals surface area (Å²) in [5, 5.41) is 76.1. The van der Waals surface area contributed by atoms with Gasteiger partial charge in [-0.05, 0) is 186 Å². The summed E-state index contributed by atoms with van der Waals surface area (Å²) in [5.74, 6) is -5.45. The van der Waals surface area contributed by atoms with Crippen molar-refractivity contribution in [1.29, 1.82) is 0 Å². The SMILES string of the molecule is C=C1/C(=C\C=C2/CCC[C@]3(C)[C@@H]([C@H](C)CCCC(C)(C)O)CC[C@@H]23)C[C@@H](O)C[C@@H]1O.CCNC(=O)[C@@H]1CCCN1C(=O)[C@H](CCCN=C(N)N)NC(=O)[C@H](CC(C)C)NC(=O)[C@@H](CC(C)C)NC(=O)[C@H](Cc1ccc(O)cc1)NC(=O)[C@H](CO)NC(=O)[C@H](Cc1c[nH]c2ccccc12)NC(=O)[C@H](Cc1cnc[nH]1)NC(=O)[C@@H]1CCC(=O)N1. The molecule has 0 bridgehead atoms. The Morgan fingerprint density at radius 3 is 1.95 bits per heavy atom. The number of H-pyrrole nitrogens is 2. The van der Waals surface area contributed by atoms with E-state index in [4.69, 9.17) is 11.5 Å². The number of aliphatic hydroxyl groups is 4. The number of phenols is 1. The molecular formula is C86H128N16O15. The molecule has 5 fully saturated rings. The van der Waals surface area contributed by atoms with Gasteiger partial charge in [0, 0.05) is 80.7 Å². The van der Waals surface area contributed by atoms with Crippen molar-refractivity contribution in [3.8, 4) is 5.75 Å². The predicted molar refractivity (Wildman–Crippen MR) is 444 cm³/mol. The Labute approximate surface area is 686 Å². The van der Waals surface area contributed by atoms with Crippen LogP contribution in [0.25, 0.3) is 10.9 Å². The molecule has 31 heteroatoms. The van der Waals surface area contributed by atoms with Crippen LogP contribution in [0.5, 0.6) is 5.75 Å². The second-order valence-corrected chi connectivity index (χ2v) is 34.1. The van der Waals surface area contributed by atoms with Gasteiger partial charge in [0.25, 0.3) is 0 Å². The number of fused-ring (bicyclic) bond motifs is 2. The number of aromatic hydroxyl groups is 1. The zero-order valence-electron chi connectivity index (χ0n) is 69.4. The van der Waals surface area contributed by atoms with Gasteiger partial charge >= 0.3 is 0 Å². The summed E-state index contributed by atoms with van der Waals surface area (Å²) < 4.78 is 0. The summed E-state index contributed by atoms with van der Waals surface area (Å²) in [7, 11) is 0. The number of carbonyl (C=O) groups excluding carboxylic acids is 10. The number of guanidine groups is 1. The molecule has 15 atom stereocenters. The van der Waals surface area contributed by atoms with Gasteiger partial charge in [0.05, 0.1) is 30.7 Å². The number of nitrogens with two attached hydrogens (primary N) is 2. The topological polar surface area (TPSA) is 492 Å². The van der Waals surface area contributed by atoms with Crippen molar-refractivity contribution in [2.45, 2.75) is 269 Å². The van der Waals surface area contributed by atoms with E-state index in [0.717, 1.165) is 35.4 Å². The number of allylic oxidation sites excluding steroid dienone is 3.